The van der Waals surface area contributed by atoms with Gasteiger partial charge < -0.3 is 4.74 Å². The highest BCUT2D eigenvalue weighted by Gasteiger charge is 2.64. The number of piperidine rings is 1. The van der Waals surface area contributed by atoms with Crippen molar-refractivity contribution in [3.8, 4) is 5.75 Å². The fraction of sp³-hybridized carbons (Fsp3) is 0.793. The zero-order chi connectivity index (χ0) is 22.4. The van der Waals surface area contributed by atoms with Gasteiger partial charge in [0.25, 0.3) is 0 Å². The van der Waals surface area contributed by atoms with E-state index < -0.39 is 0 Å². The van der Waals surface area contributed by atoms with Crippen LogP contribution in [-0.2, 0) is 11.8 Å². The zero-order valence-electron chi connectivity index (χ0n) is 21.3. The van der Waals surface area contributed by atoms with Gasteiger partial charge in [0.1, 0.15) is 11.9 Å². The van der Waals surface area contributed by atoms with Gasteiger partial charge in [-0.05, 0) is 79.9 Å². The SMILES string of the molecule is CC.CC1CCC2C3Cc4cccc5c4[C@@]2(CCN3CC2CC2)[C@H]1O5.CCC(C)(C)C. The maximum Gasteiger partial charge on any atom is 0.123 e. The summed E-state index contributed by atoms with van der Waals surface area (Å²) < 4.78 is 6.60. The second-order valence-corrected chi connectivity index (χ2v) is 11.9. The van der Waals surface area contributed by atoms with E-state index in [0.29, 0.717) is 22.9 Å². The van der Waals surface area contributed by atoms with Gasteiger partial charge >= 0.3 is 0 Å². The molecule has 6 rings (SSSR count). The Morgan fingerprint density at radius 1 is 1.10 bits per heavy atom. The summed E-state index contributed by atoms with van der Waals surface area (Å²) in [6, 6.07) is 7.65. The van der Waals surface area contributed by atoms with Gasteiger partial charge in [0.05, 0.1) is 0 Å². The average molecular weight is 426 g/mol. The Kier molecular flexibility index (Phi) is 6.52. The van der Waals surface area contributed by atoms with Crippen LogP contribution >= 0.6 is 0 Å². The zero-order valence-corrected chi connectivity index (χ0v) is 21.3. The largest absolute Gasteiger partial charge is 0.489 e. The summed E-state index contributed by atoms with van der Waals surface area (Å²) in [4.78, 5) is 2.88. The van der Waals surface area contributed by atoms with Gasteiger partial charge in [-0.15, -0.1) is 0 Å². The number of rotatable bonds is 2. The van der Waals surface area contributed by atoms with Crippen molar-refractivity contribution in [1.82, 2.24) is 4.90 Å². The van der Waals surface area contributed by atoms with Crippen molar-refractivity contribution < 1.29 is 4.74 Å². The molecule has 2 heterocycles. The lowest BCUT2D eigenvalue weighted by Crippen LogP contribution is -2.65. The third-order valence-corrected chi connectivity index (χ3v) is 8.88. The van der Waals surface area contributed by atoms with E-state index in [0.717, 1.165) is 17.9 Å². The van der Waals surface area contributed by atoms with Crippen LogP contribution in [0.2, 0.25) is 0 Å². The van der Waals surface area contributed by atoms with Crippen LogP contribution in [0.25, 0.3) is 0 Å². The van der Waals surface area contributed by atoms with E-state index in [4.69, 9.17) is 4.74 Å². The van der Waals surface area contributed by atoms with Crippen LogP contribution in [0.15, 0.2) is 18.2 Å². The van der Waals surface area contributed by atoms with Crippen molar-refractivity contribution in [3.05, 3.63) is 29.3 Å². The number of hydrogen-bond donors (Lipinski definition) is 0. The highest BCUT2D eigenvalue weighted by molar-refractivity contribution is 5.54. The first-order chi connectivity index (χ1) is 14.8. The summed E-state index contributed by atoms with van der Waals surface area (Å²) in [7, 11) is 0. The molecule has 3 unspecified atom stereocenters. The van der Waals surface area contributed by atoms with Gasteiger partial charge in [0.2, 0.25) is 0 Å². The van der Waals surface area contributed by atoms with Crippen LogP contribution in [-0.4, -0.2) is 30.1 Å². The van der Waals surface area contributed by atoms with E-state index in [1.165, 1.54) is 63.8 Å². The van der Waals surface area contributed by atoms with Crippen LogP contribution in [0.5, 0.6) is 5.75 Å². The van der Waals surface area contributed by atoms with E-state index in [2.05, 4.69) is 57.7 Å². The number of nitrogens with zero attached hydrogens (tertiary/aromatic N) is 1. The fourth-order valence-electron chi connectivity index (χ4n) is 6.72. The van der Waals surface area contributed by atoms with E-state index >= 15 is 0 Å². The molecule has 0 N–H and O–H groups in total. The molecule has 1 aromatic carbocycles. The smallest absolute Gasteiger partial charge is 0.123 e. The van der Waals surface area contributed by atoms with Crippen molar-refractivity contribution in [2.24, 2.45) is 23.2 Å². The van der Waals surface area contributed by atoms with Crippen molar-refractivity contribution in [2.75, 3.05) is 13.1 Å². The molecule has 5 atom stereocenters. The second-order valence-electron chi connectivity index (χ2n) is 11.9. The lowest BCUT2D eigenvalue weighted by molar-refractivity contribution is -0.0731. The van der Waals surface area contributed by atoms with Crippen molar-refractivity contribution >= 4 is 0 Å². The molecule has 174 valence electrons. The Morgan fingerprint density at radius 3 is 2.45 bits per heavy atom. The maximum absolute atomic E-state index is 6.60. The lowest BCUT2D eigenvalue weighted by atomic mass is 9.50. The molecule has 0 aromatic heterocycles. The molecular formula is C29H47NO. The third-order valence-electron chi connectivity index (χ3n) is 8.88. The predicted octanol–water partition coefficient (Wildman–Crippen LogP) is 7.24. The van der Waals surface area contributed by atoms with E-state index in [9.17, 15) is 0 Å². The van der Waals surface area contributed by atoms with E-state index in [-0.39, 0.29) is 0 Å². The minimum absolute atomic E-state index is 0.354. The number of hydrogen-bond acceptors (Lipinski definition) is 2. The average Bonchev–Trinajstić information content (AvgIpc) is 3.51. The van der Waals surface area contributed by atoms with Crippen LogP contribution in [0, 0.1) is 23.2 Å². The fourth-order valence-corrected chi connectivity index (χ4v) is 6.72. The highest BCUT2D eigenvalue weighted by atomic mass is 16.5. The van der Waals surface area contributed by atoms with Gasteiger partial charge in [-0.1, -0.05) is 67.0 Å². The Hall–Kier alpha value is -1.02. The molecule has 1 aromatic rings. The monoisotopic (exact) mass is 425 g/mol. The summed E-state index contributed by atoms with van der Waals surface area (Å²) in [6.07, 6.45) is 10.0. The van der Waals surface area contributed by atoms with Gasteiger partial charge in [-0.2, -0.15) is 0 Å². The number of benzene rings is 1. The van der Waals surface area contributed by atoms with Crippen molar-refractivity contribution in [2.45, 2.75) is 111 Å². The van der Waals surface area contributed by atoms with Gasteiger partial charge in [0, 0.05) is 23.6 Å². The summed E-state index contributed by atoms with van der Waals surface area (Å²) in [5.41, 5.74) is 4.15. The molecule has 3 aliphatic carbocycles. The number of ether oxygens (including phenoxy) is 1. The molecular weight excluding hydrogens is 378 g/mol. The first-order valence-corrected chi connectivity index (χ1v) is 13.4. The summed E-state index contributed by atoms with van der Waals surface area (Å²) in [6.45, 7) is 18.0. The molecule has 0 amide bonds. The van der Waals surface area contributed by atoms with Crippen LogP contribution < -0.4 is 4.74 Å². The standard InChI is InChI=1S/C21H27NO.C6H14.C2H6/c1-13-5-8-16-17-11-15-3-2-4-18-19(15)21(16,20(13)23-18)9-10-22(17)12-14-6-7-14;1-5-6(2,3)4;1-2/h2-4,13-14,16-17,20H,5-12H2,1H3;5H2,1-4H3;1-2H3/t13?,16?,17?,20-,21-;;/m0../s1. The second kappa shape index (κ2) is 8.73. The topological polar surface area (TPSA) is 12.5 Å². The van der Waals surface area contributed by atoms with Crippen molar-refractivity contribution in [1.29, 1.82) is 0 Å². The van der Waals surface area contributed by atoms with Gasteiger partial charge in [-0.25, -0.2) is 0 Å². The molecule has 2 heteroatoms. The summed E-state index contributed by atoms with van der Waals surface area (Å²) >= 11 is 0. The molecule has 31 heavy (non-hydrogen) atoms. The third kappa shape index (κ3) is 4.07. The van der Waals surface area contributed by atoms with Crippen LogP contribution in [0.1, 0.15) is 98.1 Å². The minimum atomic E-state index is 0.354. The normalized spacial score (nSPS) is 35.1. The first kappa shape index (κ1) is 23.1. The molecule has 2 bridgehead atoms. The Bertz CT molecular complexity index is 760. The molecule has 2 saturated carbocycles. The first-order valence-electron chi connectivity index (χ1n) is 13.4. The maximum atomic E-state index is 6.60. The molecule has 0 radical (unpaired) electrons. The molecule has 2 aliphatic heterocycles. The van der Waals surface area contributed by atoms with Crippen LogP contribution in [0.4, 0.5) is 0 Å². The summed E-state index contributed by atoms with van der Waals surface area (Å²) in [5.74, 6) is 3.79. The molecule has 5 aliphatic rings. The van der Waals surface area contributed by atoms with Gasteiger partial charge in [-0.3, -0.25) is 4.90 Å². The van der Waals surface area contributed by atoms with Crippen molar-refractivity contribution in [3.63, 3.8) is 0 Å². The Labute approximate surface area is 192 Å². The highest BCUT2D eigenvalue weighted by Crippen LogP contribution is 2.63. The molecule has 1 saturated heterocycles. The van der Waals surface area contributed by atoms with Crippen LogP contribution in [0.3, 0.4) is 0 Å². The van der Waals surface area contributed by atoms with Gasteiger partial charge in [0.15, 0.2) is 0 Å². The molecule has 3 fully saturated rings. The summed E-state index contributed by atoms with van der Waals surface area (Å²) in [5, 5.41) is 0. The lowest BCUT2D eigenvalue weighted by Gasteiger charge is -2.59. The number of likely N-dealkylation sites (tertiary alicyclic amines) is 1. The minimum Gasteiger partial charge on any atom is -0.489 e. The predicted molar refractivity (Wildman–Crippen MR) is 132 cm³/mol. The Morgan fingerprint density at radius 2 is 1.81 bits per heavy atom. The van der Waals surface area contributed by atoms with E-state index in [1.807, 2.05) is 13.8 Å². The quantitative estimate of drug-likeness (QED) is 0.495. The molecule has 2 nitrogen and oxygen atoms in total. The van der Waals surface area contributed by atoms with E-state index in [1.54, 1.807) is 11.1 Å². The Balaban J connectivity index is 0.000000254. The molecule has 1 spiro atoms.